The highest BCUT2D eigenvalue weighted by molar-refractivity contribution is 7.89. The molecule has 1 aromatic carbocycles. The normalized spacial score (nSPS) is 11.8. The molecular formula is C20H21ClN2O5S2. The number of thiophene rings is 1. The molecule has 3 rings (SSSR count). The molecule has 10 heteroatoms. The molecule has 0 radical (unpaired) electrons. The van der Waals surface area contributed by atoms with Crippen molar-refractivity contribution in [1.29, 1.82) is 0 Å². The van der Waals surface area contributed by atoms with Crippen LogP contribution >= 0.6 is 22.9 Å². The Balaban J connectivity index is 2.19. The summed E-state index contributed by atoms with van der Waals surface area (Å²) in [6, 6.07) is 1.79. The van der Waals surface area contributed by atoms with Crippen LogP contribution in [-0.2, 0) is 16.4 Å². The zero-order chi connectivity index (χ0) is 22.5. The van der Waals surface area contributed by atoms with Gasteiger partial charge in [0.1, 0.15) is 15.7 Å². The minimum Gasteiger partial charge on any atom is -0.507 e. The Bertz CT molecular complexity index is 1290. The molecule has 3 N–H and O–H groups in total. The van der Waals surface area contributed by atoms with E-state index in [9.17, 15) is 18.3 Å². The number of sulfonamides is 1. The molecule has 0 saturated heterocycles. The van der Waals surface area contributed by atoms with E-state index in [4.69, 9.17) is 21.3 Å². The van der Waals surface area contributed by atoms with Crippen molar-refractivity contribution in [3.05, 3.63) is 48.8 Å². The number of hydrogen-bond donors (Lipinski definition) is 2. The summed E-state index contributed by atoms with van der Waals surface area (Å²) in [6.07, 6.45) is -0.0867. The maximum Gasteiger partial charge on any atom is 0.240 e. The van der Waals surface area contributed by atoms with Crippen molar-refractivity contribution in [3.8, 4) is 17.1 Å². The molecule has 0 aliphatic heterocycles. The molecule has 0 fully saturated rings. The van der Waals surface area contributed by atoms with Gasteiger partial charge < -0.3 is 9.63 Å². The molecule has 0 aliphatic carbocycles. The first-order chi connectivity index (χ1) is 13.8. The lowest BCUT2D eigenvalue weighted by molar-refractivity contribution is 0.0993. The summed E-state index contributed by atoms with van der Waals surface area (Å²) < 4.78 is 30.1. The Hall–Kier alpha value is -2.20. The predicted octanol–water partition coefficient (Wildman–Crippen LogP) is 4.38. The zero-order valence-electron chi connectivity index (χ0n) is 17.1. The van der Waals surface area contributed by atoms with Crippen LogP contribution in [0.15, 0.2) is 15.5 Å². The third-order valence-electron chi connectivity index (χ3n) is 5.02. The van der Waals surface area contributed by atoms with E-state index in [0.717, 1.165) is 16.9 Å². The molecule has 0 bridgehead atoms. The fourth-order valence-electron chi connectivity index (χ4n) is 3.48. The second kappa shape index (κ2) is 7.81. The number of benzene rings is 1. The van der Waals surface area contributed by atoms with Crippen LogP contribution in [0.4, 0.5) is 0 Å². The van der Waals surface area contributed by atoms with Crippen molar-refractivity contribution in [2.75, 3.05) is 0 Å². The molecule has 0 aliphatic rings. The number of Topliss-reactive ketones (excluding diaryl/α,β-unsaturated/α-hetero) is 1. The van der Waals surface area contributed by atoms with Gasteiger partial charge in [0.25, 0.3) is 0 Å². The molecule has 7 nitrogen and oxygen atoms in total. The smallest absolute Gasteiger partial charge is 0.240 e. The quantitative estimate of drug-likeness (QED) is 0.535. The molecule has 0 unspecified atom stereocenters. The Labute approximate surface area is 183 Å². The minimum atomic E-state index is -4.28. The van der Waals surface area contributed by atoms with Gasteiger partial charge in [-0.1, -0.05) is 22.8 Å². The molecule has 0 amide bonds. The topological polar surface area (TPSA) is 123 Å². The van der Waals surface area contributed by atoms with Gasteiger partial charge >= 0.3 is 0 Å². The van der Waals surface area contributed by atoms with Gasteiger partial charge in [0.15, 0.2) is 11.5 Å². The van der Waals surface area contributed by atoms with Gasteiger partial charge in [0, 0.05) is 11.3 Å². The third kappa shape index (κ3) is 3.78. The van der Waals surface area contributed by atoms with Gasteiger partial charge in [-0.25, -0.2) is 13.6 Å². The average molecular weight is 469 g/mol. The monoisotopic (exact) mass is 468 g/mol. The zero-order valence-corrected chi connectivity index (χ0v) is 19.5. The number of phenolic OH excluding ortho intramolecular Hbond substituents is 1. The highest BCUT2D eigenvalue weighted by atomic mass is 35.5. The number of carbonyl (C=O) groups is 1. The largest absolute Gasteiger partial charge is 0.507 e. The maximum absolute atomic E-state index is 13.2. The second-order valence-electron chi connectivity index (χ2n) is 7.21. The number of primary sulfonamides is 1. The Morgan fingerprint density at radius 2 is 1.87 bits per heavy atom. The summed E-state index contributed by atoms with van der Waals surface area (Å²) in [4.78, 5) is 13.4. The van der Waals surface area contributed by atoms with E-state index < -0.39 is 15.8 Å². The van der Waals surface area contributed by atoms with Gasteiger partial charge in [-0.05, 0) is 56.9 Å². The van der Waals surface area contributed by atoms with Crippen molar-refractivity contribution < 1.29 is 22.8 Å². The second-order valence-corrected chi connectivity index (χ2v) is 10.3. The summed E-state index contributed by atoms with van der Waals surface area (Å²) in [7, 11) is -4.28. The summed E-state index contributed by atoms with van der Waals surface area (Å²) in [5.74, 6) is -0.256. The number of aromatic nitrogens is 1. The summed E-state index contributed by atoms with van der Waals surface area (Å²) in [5.41, 5.74) is 3.31. The number of ketones is 1. The Morgan fingerprint density at radius 3 is 2.40 bits per heavy atom. The summed E-state index contributed by atoms with van der Waals surface area (Å²) in [5, 5.41) is 19.7. The number of phenols is 1. The fraction of sp³-hybridized carbons (Fsp3) is 0.300. The predicted molar refractivity (Wildman–Crippen MR) is 116 cm³/mol. The highest BCUT2D eigenvalue weighted by Crippen LogP contribution is 2.43. The fourth-order valence-corrected chi connectivity index (χ4v) is 6.07. The molecular weight excluding hydrogens is 448 g/mol. The highest BCUT2D eigenvalue weighted by Gasteiger charge is 2.32. The van der Waals surface area contributed by atoms with Gasteiger partial charge in [-0.15, -0.1) is 11.3 Å². The number of hydrogen-bond acceptors (Lipinski definition) is 7. The van der Waals surface area contributed by atoms with Crippen LogP contribution in [-0.4, -0.2) is 24.5 Å². The van der Waals surface area contributed by atoms with Crippen molar-refractivity contribution in [3.63, 3.8) is 0 Å². The third-order valence-corrected chi connectivity index (χ3v) is 7.72. The van der Waals surface area contributed by atoms with E-state index in [2.05, 4.69) is 5.16 Å². The molecule has 2 aromatic heterocycles. The van der Waals surface area contributed by atoms with E-state index >= 15 is 0 Å². The number of rotatable bonds is 5. The lowest BCUT2D eigenvalue weighted by Gasteiger charge is -2.13. The number of aryl methyl sites for hydroxylation is 4. The lowest BCUT2D eigenvalue weighted by Crippen LogP contribution is -2.17. The van der Waals surface area contributed by atoms with Crippen molar-refractivity contribution >= 4 is 38.7 Å². The summed E-state index contributed by atoms with van der Waals surface area (Å²) in [6.45, 7) is 8.62. The van der Waals surface area contributed by atoms with E-state index in [0.29, 0.717) is 27.3 Å². The number of halogens is 1. The molecule has 0 atom stereocenters. The number of aromatic hydroxyl groups is 1. The Morgan fingerprint density at radius 1 is 1.23 bits per heavy atom. The van der Waals surface area contributed by atoms with Crippen molar-refractivity contribution in [2.24, 2.45) is 5.14 Å². The van der Waals surface area contributed by atoms with Gasteiger partial charge in [-0.2, -0.15) is 0 Å². The molecule has 2 heterocycles. The van der Waals surface area contributed by atoms with Gasteiger partial charge in [0.05, 0.1) is 16.1 Å². The molecule has 160 valence electrons. The van der Waals surface area contributed by atoms with Crippen molar-refractivity contribution in [1.82, 2.24) is 5.16 Å². The average Bonchev–Trinajstić information content (AvgIpc) is 3.16. The molecule has 0 spiro atoms. The minimum absolute atomic E-state index is 0.00557. The van der Waals surface area contributed by atoms with Crippen LogP contribution in [0.3, 0.4) is 0 Å². The van der Waals surface area contributed by atoms with E-state index in [1.54, 1.807) is 33.8 Å². The van der Waals surface area contributed by atoms with E-state index in [1.165, 1.54) is 0 Å². The molecule has 3 aromatic rings. The van der Waals surface area contributed by atoms with Crippen molar-refractivity contribution in [2.45, 2.75) is 45.9 Å². The van der Waals surface area contributed by atoms with Gasteiger partial charge in [-0.3, -0.25) is 4.79 Å². The van der Waals surface area contributed by atoms with E-state index in [-0.39, 0.29) is 38.3 Å². The maximum atomic E-state index is 13.2. The summed E-state index contributed by atoms with van der Waals surface area (Å²) >= 11 is 7.24. The number of carbonyl (C=O) groups excluding carboxylic acids is 1. The standard InChI is InChI=1S/C20H21ClN2O5S2/c1-8-6-9(2)17(25)10(3)13(8)7-14(24)19-20(30(22,26)27)15(12(5)29-19)18-16(21)11(4)23-28-18/h6,25H,7H2,1-5H3,(H2,22,26,27). The van der Waals surface area contributed by atoms with Crippen LogP contribution in [0, 0.1) is 34.6 Å². The van der Waals surface area contributed by atoms with Crippen LogP contribution in [0.5, 0.6) is 5.75 Å². The van der Waals surface area contributed by atoms with Crippen LogP contribution in [0.2, 0.25) is 5.02 Å². The molecule has 30 heavy (non-hydrogen) atoms. The molecule has 0 saturated carbocycles. The van der Waals surface area contributed by atoms with E-state index in [1.807, 2.05) is 6.92 Å². The first kappa shape index (κ1) is 22.5. The SMILES string of the molecule is Cc1cc(C)c(CC(=O)c2sc(C)c(-c3onc(C)c3Cl)c2S(N)(=O)=O)c(C)c1O. The Kier molecular flexibility index (Phi) is 5.85. The lowest BCUT2D eigenvalue weighted by atomic mass is 9.94. The number of nitrogens with zero attached hydrogens (tertiary/aromatic N) is 1. The first-order valence-electron chi connectivity index (χ1n) is 8.94. The van der Waals surface area contributed by atoms with Crippen LogP contribution in [0.25, 0.3) is 11.3 Å². The van der Waals surface area contributed by atoms with Crippen LogP contribution < -0.4 is 5.14 Å². The number of nitrogens with two attached hydrogens (primary N) is 1. The first-order valence-corrected chi connectivity index (χ1v) is 11.7. The van der Waals surface area contributed by atoms with Crippen LogP contribution in [0.1, 0.15) is 42.5 Å². The van der Waals surface area contributed by atoms with Gasteiger partial charge in [0.2, 0.25) is 10.0 Å².